The van der Waals surface area contributed by atoms with E-state index in [1.807, 2.05) is 45.0 Å². The maximum absolute atomic E-state index is 13.1. The number of aryl methyl sites for hydroxylation is 2. The Kier molecular flexibility index (Phi) is 6.89. The monoisotopic (exact) mass is 438 g/mol. The SMILES string of the molecule is COc1ccc(C2/C(=C(\O)c3cc(C)ccc3C)C(=O)C(=O)N2CCCN(C)C)cc1O. The van der Waals surface area contributed by atoms with E-state index in [0.29, 0.717) is 24.1 Å². The number of benzene rings is 2. The Morgan fingerprint density at radius 2 is 1.84 bits per heavy atom. The highest BCUT2D eigenvalue weighted by atomic mass is 16.5. The highest BCUT2D eigenvalue weighted by Gasteiger charge is 2.46. The number of hydrogen-bond acceptors (Lipinski definition) is 6. The molecule has 0 spiro atoms. The molecule has 0 radical (unpaired) electrons. The first-order chi connectivity index (χ1) is 15.1. The number of phenolic OH excluding ortho intramolecular Hbond substituents is 1. The van der Waals surface area contributed by atoms with Crippen molar-refractivity contribution in [1.82, 2.24) is 9.80 Å². The van der Waals surface area contributed by atoms with Crippen LogP contribution >= 0.6 is 0 Å². The van der Waals surface area contributed by atoms with Gasteiger partial charge in [-0.25, -0.2) is 0 Å². The maximum Gasteiger partial charge on any atom is 0.295 e. The van der Waals surface area contributed by atoms with Crippen molar-refractivity contribution >= 4 is 17.4 Å². The number of Topliss-reactive ketones (excluding diaryl/α,β-unsaturated/α-hetero) is 1. The lowest BCUT2D eigenvalue weighted by Crippen LogP contribution is -2.32. The number of ketones is 1. The van der Waals surface area contributed by atoms with Gasteiger partial charge in [0.1, 0.15) is 5.76 Å². The van der Waals surface area contributed by atoms with E-state index in [0.717, 1.165) is 17.7 Å². The Morgan fingerprint density at radius 3 is 2.47 bits per heavy atom. The molecule has 1 aliphatic rings. The number of phenols is 1. The zero-order valence-corrected chi connectivity index (χ0v) is 19.2. The summed E-state index contributed by atoms with van der Waals surface area (Å²) in [6.07, 6.45) is 0.655. The van der Waals surface area contributed by atoms with Gasteiger partial charge in [0.25, 0.3) is 11.7 Å². The molecule has 170 valence electrons. The van der Waals surface area contributed by atoms with E-state index in [2.05, 4.69) is 0 Å². The second kappa shape index (κ2) is 9.44. The van der Waals surface area contributed by atoms with Crippen LogP contribution in [0.5, 0.6) is 11.5 Å². The highest BCUT2D eigenvalue weighted by Crippen LogP contribution is 2.42. The summed E-state index contributed by atoms with van der Waals surface area (Å²) in [4.78, 5) is 29.6. The first kappa shape index (κ1) is 23.3. The van der Waals surface area contributed by atoms with Gasteiger partial charge in [-0.1, -0.05) is 23.8 Å². The molecule has 0 aliphatic carbocycles. The van der Waals surface area contributed by atoms with Gasteiger partial charge in [-0.2, -0.15) is 0 Å². The molecule has 2 aromatic rings. The number of aromatic hydroxyl groups is 1. The number of amides is 1. The molecule has 1 fully saturated rings. The second-order valence-electron chi connectivity index (χ2n) is 8.40. The minimum absolute atomic E-state index is 0.0260. The maximum atomic E-state index is 13.1. The van der Waals surface area contributed by atoms with E-state index in [1.165, 1.54) is 18.1 Å². The van der Waals surface area contributed by atoms with Crippen molar-refractivity contribution < 1.29 is 24.5 Å². The van der Waals surface area contributed by atoms with Crippen molar-refractivity contribution in [2.75, 3.05) is 34.3 Å². The molecule has 0 bridgehead atoms. The third kappa shape index (κ3) is 4.48. The molecular weight excluding hydrogens is 408 g/mol. The molecule has 1 unspecified atom stereocenters. The van der Waals surface area contributed by atoms with E-state index in [4.69, 9.17) is 4.74 Å². The normalized spacial score (nSPS) is 17.9. The lowest BCUT2D eigenvalue weighted by molar-refractivity contribution is -0.139. The average molecular weight is 439 g/mol. The van der Waals surface area contributed by atoms with Crippen LogP contribution in [0.1, 0.15) is 34.7 Å². The summed E-state index contributed by atoms with van der Waals surface area (Å²) in [6.45, 7) is 4.81. The molecule has 0 aromatic heterocycles. The quantitative estimate of drug-likeness (QED) is 0.391. The number of hydrogen-bond donors (Lipinski definition) is 2. The van der Waals surface area contributed by atoms with E-state index < -0.39 is 17.7 Å². The number of carbonyl (C=O) groups excluding carboxylic acids is 2. The number of likely N-dealkylation sites (tertiary alicyclic amines) is 1. The highest BCUT2D eigenvalue weighted by molar-refractivity contribution is 6.46. The van der Waals surface area contributed by atoms with Crippen molar-refractivity contribution in [1.29, 1.82) is 0 Å². The molecule has 3 rings (SSSR count). The number of methoxy groups -OCH3 is 1. The smallest absolute Gasteiger partial charge is 0.295 e. The summed E-state index contributed by atoms with van der Waals surface area (Å²) in [5.74, 6) is -1.41. The summed E-state index contributed by atoms with van der Waals surface area (Å²) in [6, 6.07) is 9.54. The Hall–Kier alpha value is -3.32. The van der Waals surface area contributed by atoms with Crippen LogP contribution in [0.4, 0.5) is 0 Å². The molecule has 1 heterocycles. The molecule has 1 aliphatic heterocycles. The molecule has 1 saturated heterocycles. The minimum Gasteiger partial charge on any atom is -0.507 e. The van der Waals surface area contributed by atoms with Crippen molar-refractivity contribution in [2.24, 2.45) is 0 Å². The lowest BCUT2D eigenvalue weighted by atomic mass is 9.93. The zero-order chi connectivity index (χ0) is 23.6. The fraction of sp³-hybridized carbons (Fsp3) is 0.360. The van der Waals surface area contributed by atoms with Gasteiger partial charge in [0.2, 0.25) is 0 Å². The Balaban J connectivity index is 2.17. The van der Waals surface area contributed by atoms with Crippen LogP contribution in [0.3, 0.4) is 0 Å². The van der Waals surface area contributed by atoms with Crippen LogP contribution in [0.2, 0.25) is 0 Å². The van der Waals surface area contributed by atoms with Gasteiger partial charge in [0, 0.05) is 12.1 Å². The predicted molar refractivity (Wildman–Crippen MR) is 123 cm³/mol. The minimum atomic E-state index is -0.811. The Bertz CT molecular complexity index is 1070. The van der Waals surface area contributed by atoms with Crippen LogP contribution in [0, 0.1) is 13.8 Å². The fourth-order valence-corrected chi connectivity index (χ4v) is 4.03. The Labute approximate surface area is 188 Å². The molecule has 1 atom stereocenters. The Morgan fingerprint density at radius 1 is 1.12 bits per heavy atom. The van der Waals surface area contributed by atoms with Crippen molar-refractivity contribution in [2.45, 2.75) is 26.3 Å². The van der Waals surface area contributed by atoms with Crippen molar-refractivity contribution in [3.8, 4) is 11.5 Å². The third-order valence-electron chi connectivity index (χ3n) is 5.71. The number of rotatable bonds is 7. The molecular formula is C25H30N2O5. The topological polar surface area (TPSA) is 90.3 Å². The molecule has 2 aromatic carbocycles. The summed E-state index contributed by atoms with van der Waals surface area (Å²) < 4.78 is 5.13. The summed E-state index contributed by atoms with van der Waals surface area (Å²) >= 11 is 0. The summed E-state index contributed by atoms with van der Waals surface area (Å²) in [5.41, 5.74) is 2.79. The molecule has 32 heavy (non-hydrogen) atoms. The van der Waals surface area contributed by atoms with Crippen LogP contribution < -0.4 is 4.74 Å². The average Bonchev–Trinajstić information content (AvgIpc) is 2.99. The number of nitrogens with zero attached hydrogens (tertiary/aromatic N) is 2. The largest absolute Gasteiger partial charge is 0.507 e. The van der Waals surface area contributed by atoms with Gasteiger partial charge in [-0.05, 0) is 70.2 Å². The molecule has 7 heteroatoms. The van der Waals surface area contributed by atoms with Crippen LogP contribution in [0.25, 0.3) is 5.76 Å². The standard InChI is InChI=1S/C25H30N2O5/c1-15-7-8-16(2)18(13-15)23(29)21-22(17-9-10-20(32-5)19(28)14-17)27(25(31)24(21)30)12-6-11-26(3)4/h7-10,13-14,22,28-29H,6,11-12H2,1-5H3/b23-21+. The van der Waals surface area contributed by atoms with Gasteiger partial charge in [0.05, 0.1) is 18.7 Å². The molecule has 0 saturated carbocycles. The zero-order valence-electron chi connectivity index (χ0n) is 19.2. The molecule has 1 amide bonds. The van der Waals surface area contributed by atoms with Gasteiger partial charge in [0.15, 0.2) is 11.5 Å². The fourth-order valence-electron chi connectivity index (χ4n) is 4.03. The van der Waals surface area contributed by atoms with Crippen molar-refractivity contribution in [3.05, 3.63) is 64.2 Å². The summed E-state index contributed by atoms with van der Waals surface area (Å²) in [5, 5.41) is 21.6. The number of ether oxygens (including phenoxy) is 1. The number of aliphatic hydroxyl groups is 1. The second-order valence-corrected chi connectivity index (χ2v) is 8.40. The number of carbonyl (C=O) groups is 2. The lowest BCUT2D eigenvalue weighted by Gasteiger charge is -2.26. The third-order valence-corrected chi connectivity index (χ3v) is 5.71. The first-order valence-electron chi connectivity index (χ1n) is 10.5. The molecule has 7 nitrogen and oxygen atoms in total. The first-order valence-corrected chi connectivity index (χ1v) is 10.5. The van der Waals surface area contributed by atoms with E-state index in [1.54, 1.807) is 18.2 Å². The van der Waals surface area contributed by atoms with Crippen LogP contribution in [-0.2, 0) is 9.59 Å². The van der Waals surface area contributed by atoms with Gasteiger partial charge in [-0.15, -0.1) is 0 Å². The molecule has 2 N–H and O–H groups in total. The van der Waals surface area contributed by atoms with Crippen molar-refractivity contribution in [3.63, 3.8) is 0 Å². The number of aliphatic hydroxyl groups excluding tert-OH is 1. The van der Waals surface area contributed by atoms with Gasteiger partial charge in [-0.3, -0.25) is 9.59 Å². The van der Waals surface area contributed by atoms with E-state index in [9.17, 15) is 19.8 Å². The van der Waals surface area contributed by atoms with E-state index in [-0.39, 0.29) is 22.8 Å². The van der Waals surface area contributed by atoms with Crippen LogP contribution in [-0.4, -0.2) is 66.0 Å². The van der Waals surface area contributed by atoms with Crippen LogP contribution in [0.15, 0.2) is 42.0 Å². The van der Waals surface area contributed by atoms with Gasteiger partial charge >= 0.3 is 0 Å². The summed E-state index contributed by atoms with van der Waals surface area (Å²) in [7, 11) is 5.32. The van der Waals surface area contributed by atoms with Gasteiger partial charge < -0.3 is 24.7 Å². The van der Waals surface area contributed by atoms with E-state index >= 15 is 0 Å². The predicted octanol–water partition coefficient (Wildman–Crippen LogP) is 3.39.